The Bertz CT molecular complexity index is 423. The molecule has 0 heterocycles. The fourth-order valence-corrected chi connectivity index (χ4v) is 1.50. The molecular weight excluding hydrogens is 240 g/mol. The molecule has 0 fully saturated rings. The Morgan fingerprint density at radius 3 is 2.65 bits per heavy atom. The minimum atomic E-state index is -0.782. The molecule has 0 aliphatic carbocycles. The van der Waals surface area contributed by atoms with Crippen LogP contribution in [0.4, 0.5) is 5.69 Å². The Morgan fingerprint density at radius 2 is 2.12 bits per heavy atom. The number of carbonyl (C=O) groups excluding carboxylic acids is 2. The molecule has 6 heteroatoms. The number of hydrogen-bond donors (Lipinski definition) is 3. The van der Waals surface area contributed by atoms with Gasteiger partial charge in [0.2, 0.25) is 0 Å². The maximum absolute atomic E-state index is 11.8. The highest BCUT2D eigenvalue weighted by Gasteiger charge is 2.21. The minimum Gasteiger partial charge on any atom is -0.467 e. The molecule has 0 saturated heterocycles. The summed E-state index contributed by atoms with van der Waals surface area (Å²) in [5.41, 5.74) is 6.33. The second-order valence-corrected chi connectivity index (χ2v) is 3.68. The highest BCUT2D eigenvalue weighted by atomic mass is 32.1. The third kappa shape index (κ3) is 3.39. The summed E-state index contributed by atoms with van der Waals surface area (Å²) in [6, 6.07) is 5.83. The van der Waals surface area contributed by atoms with Crippen LogP contribution < -0.4 is 11.1 Å². The number of nitrogens with one attached hydrogen (secondary N) is 1. The number of ether oxygens (including phenoxy) is 1. The lowest BCUT2D eigenvalue weighted by molar-refractivity contribution is -0.142. The Kier molecular flexibility index (Phi) is 4.84. The van der Waals surface area contributed by atoms with Crippen molar-refractivity contribution in [1.82, 2.24) is 5.32 Å². The van der Waals surface area contributed by atoms with Crippen LogP contribution in [0, 0.1) is 0 Å². The Hall–Kier alpha value is -1.69. The van der Waals surface area contributed by atoms with Crippen LogP contribution in [-0.2, 0) is 9.53 Å². The van der Waals surface area contributed by atoms with E-state index in [9.17, 15) is 9.59 Å². The molecule has 0 aromatic heterocycles. The van der Waals surface area contributed by atoms with Gasteiger partial charge in [0.05, 0.1) is 12.7 Å². The number of methoxy groups -OCH3 is 1. The first-order valence-electron chi connectivity index (χ1n) is 4.94. The van der Waals surface area contributed by atoms with E-state index in [1.807, 2.05) is 0 Å². The summed E-state index contributed by atoms with van der Waals surface area (Å²) < 4.78 is 4.54. The summed E-state index contributed by atoms with van der Waals surface area (Å²) in [6.07, 6.45) is 0. The Balaban J connectivity index is 2.78. The van der Waals surface area contributed by atoms with E-state index in [4.69, 9.17) is 5.73 Å². The molecule has 5 nitrogen and oxygen atoms in total. The first-order valence-corrected chi connectivity index (χ1v) is 5.57. The molecule has 92 valence electrons. The third-order valence-corrected chi connectivity index (χ3v) is 2.54. The number of amides is 1. The number of nitrogen functional groups attached to an aromatic ring is 1. The highest BCUT2D eigenvalue weighted by Crippen LogP contribution is 2.10. The van der Waals surface area contributed by atoms with Crippen LogP contribution in [0.15, 0.2) is 24.3 Å². The van der Waals surface area contributed by atoms with Gasteiger partial charge in [-0.2, -0.15) is 12.6 Å². The Labute approximate surface area is 105 Å². The van der Waals surface area contributed by atoms with Gasteiger partial charge in [-0.15, -0.1) is 0 Å². The lowest BCUT2D eigenvalue weighted by Crippen LogP contribution is -2.43. The van der Waals surface area contributed by atoms with Crippen molar-refractivity contribution in [2.45, 2.75) is 6.04 Å². The zero-order chi connectivity index (χ0) is 12.8. The van der Waals surface area contributed by atoms with E-state index < -0.39 is 17.9 Å². The molecule has 0 radical (unpaired) electrons. The molecule has 1 unspecified atom stereocenters. The molecule has 3 N–H and O–H groups in total. The summed E-state index contributed by atoms with van der Waals surface area (Å²) in [6.45, 7) is 0. The van der Waals surface area contributed by atoms with Crippen molar-refractivity contribution >= 4 is 30.2 Å². The molecule has 0 aliphatic heterocycles. The number of carbonyl (C=O) groups is 2. The molecule has 0 saturated carbocycles. The number of nitrogens with two attached hydrogens (primary N) is 1. The predicted octanol–water partition coefficient (Wildman–Crippen LogP) is 0.470. The molecule has 1 aromatic carbocycles. The normalized spacial score (nSPS) is 11.6. The van der Waals surface area contributed by atoms with Crippen molar-refractivity contribution in [3.63, 3.8) is 0 Å². The van der Waals surface area contributed by atoms with Crippen LogP contribution in [0.3, 0.4) is 0 Å². The van der Waals surface area contributed by atoms with Crippen molar-refractivity contribution in [2.24, 2.45) is 0 Å². The van der Waals surface area contributed by atoms with Gasteiger partial charge in [0.15, 0.2) is 0 Å². The number of thiol groups is 1. The van der Waals surface area contributed by atoms with Crippen molar-refractivity contribution in [1.29, 1.82) is 0 Å². The van der Waals surface area contributed by atoms with Crippen LogP contribution >= 0.6 is 12.6 Å². The second kappa shape index (κ2) is 6.15. The topological polar surface area (TPSA) is 81.4 Å². The predicted molar refractivity (Wildman–Crippen MR) is 68.0 cm³/mol. The minimum absolute atomic E-state index is 0.158. The van der Waals surface area contributed by atoms with Gasteiger partial charge >= 0.3 is 5.97 Å². The molecule has 0 bridgehead atoms. The maximum atomic E-state index is 11.8. The van der Waals surface area contributed by atoms with Crippen LogP contribution in [0.5, 0.6) is 0 Å². The average Bonchev–Trinajstić information content (AvgIpc) is 2.35. The summed E-state index contributed by atoms with van der Waals surface area (Å²) >= 11 is 3.98. The SMILES string of the molecule is COC(=O)C(CS)NC(=O)c1ccccc1N. The monoisotopic (exact) mass is 254 g/mol. The Morgan fingerprint density at radius 1 is 1.47 bits per heavy atom. The second-order valence-electron chi connectivity index (χ2n) is 3.32. The van der Waals surface area contributed by atoms with Crippen molar-refractivity contribution in [3.8, 4) is 0 Å². The average molecular weight is 254 g/mol. The number of hydrogen-bond acceptors (Lipinski definition) is 5. The summed E-state index contributed by atoms with van der Waals surface area (Å²) in [5, 5.41) is 2.50. The van der Waals surface area contributed by atoms with Crippen LogP contribution in [-0.4, -0.2) is 30.8 Å². The first kappa shape index (κ1) is 13.4. The first-order chi connectivity index (χ1) is 8.10. The van der Waals surface area contributed by atoms with Crippen molar-refractivity contribution < 1.29 is 14.3 Å². The third-order valence-electron chi connectivity index (χ3n) is 2.18. The van der Waals surface area contributed by atoms with Gasteiger partial charge in [0, 0.05) is 11.4 Å². The number of para-hydroxylation sites is 1. The lowest BCUT2D eigenvalue weighted by atomic mass is 10.1. The van der Waals surface area contributed by atoms with Crippen LogP contribution in [0.25, 0.3) is 0 Å². The number of benzene rings is 1. The summed E-state index contributed by atoms with van der Waals surface area (Å²) in [7, 11) is 1.25. The maximum Gasteiger partial charge on any atom is 0.329 e. The molecule has 0 aliphatic rings. The van der Waals surface area contributed by atoms with E-state index in [0.717, 1.165) is 0 Å². The fourth-order valence-electron chi connectivity index (χ4n) is 1.26. The van der Waals surface area contributed by atoms with Gasteiger partial charge in [-0.3, -0.25) is 4.79 Å². The standard InChI is InChI=1S/C11H14N2O3S/c1-16-11(15)9(6-17)13-10(14)7-4-2-3-5-8(7)12/h2-5,9,17H,6,12H2,1H3,(H,13,14). The number of esters is 1. The van der Waals surface area contributed by atoms with Gasteiger partial charge in [-0.05, 0) is 12.1 Å². The highest BCUT2D eigenvalue weighted by molar-refractivity contribution is 7.80. The fraction of sp³-hybridized carbons (Fsp3) is 0.273. The van der Waals surface area contributed by atoms with Crippen LogP contribution in [0.1, 0.15) is 10.4 Å². The quantitative estimate of drug-likeness (QED) is 0.414. The molecule has 0 spiro atoms. The lowest BCUT2D eigenvalue weighted by Gasteiger charge is -2.14. The van der Waals surface area contributed by atoms with E-state index in [1.54, 1.807) is 24.3 Å². The zero-order valence-corrected chi connectivity index (χ0v) is 10.2. The van der Waals surface area contributed by atoms with Gasteiger partial charge in [-0.25, -0.2) is 4.79 Å². The summed E-state index contributed by atoms with van der Waals surface area (Å²) in [5.74, 6) is -0.805. The molecule has 17 heavy (non-hydrogen) atoms. The number of rotatable bonds is 4. The molecule has 1 atom stereocenters. The van der Waals surface area contributed by atoms with E-state index in [-0.39, 0.29) is 5.75 Å². The number of anilines is 1. The van der Waals surface area contributed by atoms with Crippen molar-refractivity contribution in [2.75, 3.05) is 18.6 Å². The van der Waals surface area contributed by atoms with E-state index in [2.05, 4.69) is 22.7 Å². The van der Waals surface area contributed by atoms with Gasteiger partial charge in [0.1, 0.15) is 6.04 Å². The van der Waals surface area contributed by atoms with E-state index in [0.29, 0.717) is 11.3 Å². The molecule has 1 rings (SSSR count). The largest absolute Gasteiger partial charge is 0.467 e. The molecule has 1 amide bonds. The summed E-state index contributed by atoms with van der Waals surface area (Å²) in [4.78, 5) is 23.1. The van der Waals surface area contributed by atoms with Gasteiger partial charge in [0.25, 0.3) is 5.91 Å². The zero-order valence-electron chi connectivity index (χ0n) is 9.34. The smallest absolute Gasteiger partial charge is 0.329 e. The van der Waals surface area contributed by atoms with Gasteiger partial charge in [-0.1, -0.05) is 12.1 Å². The van der Waals surface area contributed by atoms with Gasteiger partial charge < -0.3 is 15.8 Å². The van der Waals surface area contributed by atoms with Crippen LogP contribution in [0.2, 0.25) is 0 Å². The van der Waals surface area contributed by atoms with E-state index >= 15 is 0 Å². The molecule has 1 aromatic rings. The van der Waals surface area contributed by atoms with E-state index in [1.165, 1.54) is 7.11 Å². The van der Waals surface area contributed by atoms with Crippen molar-refractivity contribution in [3.05, 3.63) is 29.8 Å². The molecular formula is C11H14N2O3S.